The van der Waals surface area contributed by atoms with E-state index in [9.17, 15) is 0 Å². The molecule has 7 heteroatoms. The van der Waals surface area contributed by atoms with E-state index >= 15 is 0 Å². The van der Waals surface area contributed by atoms with Crippen LogP contribution in [0.2, 0.25) is 0 Å². The number of nitrogens with two attached hydrogens (primary N) is 1. The smallest absolute Gasteiger partial charge is 0.226 e. The van der Waals surface area contributed by atoms with Gasteiger partial charge in [-0.05, 0) is 20.9 Å². The molecule has 0 saturated carbocycles. The molecule has 1 aromatic heterocycles. The SMILES string of the molecule is CNCCNc1nc(N)c2c(n1)N(C(C)C)CC=N2. The van der Waals surface area contributed by atoms with Crippen molar-refractivity contribution in [2.24, 2.45) is 4.99 Å². The Labute approximate surface area is 113 Å². The minimum Gasteiger partial charge on any atom is -0.382 e. The molecule has 19 heavy (non-hydrogen) atoms. The van der Waals surface area contributed by atoms with Gasteiger partial charge in [0.15, 0.2) is 11.6 Å². The third-order valence-electron chi connectivity index (χ3n) is 2.94. The van der Waals surface area contributed by atoms with E-state index < -0.39 is 0 Å². The fourth-order valence-corrected chi connectivity index (χ4v) is 1.92. The number of likely N-dealkylation sites (N-methyl/N-ethyl adjacent to an activating group) is 1. The quantitative estimate of drug-likeness (QED) is 0.675. The molecule has 2 rings (SSSR count). The first-order valence-corrected chi connectivity index (χ1v) is 6.48. The molecule has 1 aliphatic heterocycles. The molecule has 0 aliphatic carbocycles. The third-order valence-corrected chi connectivity index (χ3v) is 2.94. The van der Waals surface area contributed by atoms with Gasteiger partial charge >= 0.3 is 0 Å². The highest BCUT2D eigenvalue weighted by molar-refractivity contribution is 5.85. The van der Waals surface area contributed by atoms with Gasteiger partial charge in [-0.1, -0.05) is 0 Å². The van der Waals surface area contributed by atoms with E-state index in [1.54, 1.807) is 0 Å². The molecule has 7 nitrogen and oxygen atoms in total. The molecule has 4 N–H and O–H groups in total. The fraction of sp³-hybridized carbons (Fsp3) is 0.583. The minimum atomic E-state index is 0.338. The largest absolute Gasteiger partial charge is 0.382 e. The second kappa shape index (κ2) is 5.83. The van der Waals surface area contributed by atoms with Crippen molar-refractivity contribution in [3.8, 4) is 0 Å². The van der Waals surface area contributed by atoms with Gasteiger partial charge < -0.3 is 21.3 Å². The van der Waals surface area contributed by atoms with Gasteiger partial charge in [-0.25, -0.2) is 0 Å². The van der Waals surface area contributed by atoms with Crippen LogP contribution < -0.4 is 21.3 Å². The van der Waals surface area contributed by atoms with Crippen molar-refractivity contribution in [2.75, 3.05) is 42.6 Å². The lowest BCUT2D eigenvalue weighted by atomic mass is 10.2. The highest BCUT2D eigenvalue weighted by Gasteiger charge is 2.22. The van der Waals surface area contributed by atoms with Crippen LogP contribution in [0, 0.1) is 0 Å². The maximum absolute atomic E-state index is 5.96. The zero-order chi connectivity index (χ0) is 13.8. The van der Waals surface area contributed by atoms with E-state index in [1.807, 2.05) is 13.3 Å². The van der Waals surface area contributed by atoms with Crippen LogP contribution >= 0.6 is 0 Å². The molecular weight excluding hydrogens is 242 g/mol. The average molecular weight is 263 g/mol. The van der Waals surface area contributed by atoms with Gasteiger partial charge in [0.1, 0.15) is 5.69 Å². The normalized spacial score (nSPS) is 13.8. The Morgan fingerprint density at radius 1 is 1.37 bits per heavy atom. The second-order valence-electron chi connectivity index (χ2n) is 4.69. The van der Waals surface area contributed by atoms with E-state index in [0.717, 1.165) is 25.5 Å². The standard InChI is InChI=1S/C12H21N7/c1-8(2)19-7-6-15-9-10(13)17-12(18-11(9)19)16-5-4-14-3/h6,8,14H,4-5,7H2,1-3H3,(H3,13,16,17,18). The Kier molecular flexibility index (Phi) is 4.16. The lowest BCUT2D eigenvalue weighted by Gasteiger charge is -2.30. The van der Waals surface area contributed by atoms with Gasteiger partial charge in [0, 0.05) is 25.3 Å². The first kappa shape index (κ1) is 13.5. The number of hydrogen-bond acceptors (Lipinski definition) is 7. The van der Waals surface area contributed by atoms with Crippen LogP contribution in [-0.2, 0) is 0 Å². The van der Waals surface area contributed by atoms with Gasteiger partial charge in [0.2, 0.25) is 5.95 Å². The second-order valence-corrected chi connectivity index (χ2v) is 4.69. The number of hydrogen-bond donors (Lipinski definition) is 3. The minimum absolute atomic E-state index is 0.338. The van der Waals surface area contributed by atoms with Crippen LogP contribution in [0.25, 0.3) is 0 Å². The summed E-state index contributed by atoms with van der Waals surface area (Å²) in [7, 11) is 1.90. The molecule has 2 heterocycles. The van der Waals surface area contributed by atoms with Crippen molar-refractivity contribution in [1.29, 1.82) is 0 Å². The van der Waals surface area contributed by atoms with Crippen LogP contribution in [0.5, 0.6) is 0 Å². The van der Waals surface area contributed by atoms with E-state index in [4.69, 9.17) is 5.73 Å². The van der Waals surface area contributed by atoms with Crippen LogP contribution in [0.4, 0.5) is 23.3 Å². The lowest BCUT2D eigenvalue weighted by Crippen LogP contribution is -2.35. The first-order valence-electron chi connectivity index (χ1n) is 6.48. The van der Waals surface area contributed by atoms with Gasteiger partial charge in [0.05, 0.1) is 6.54 Å². The molecule has 0 radical (unpaired) electrons. The Bertz CT molecular complexity index is 469. The molecule has 0 amide bonds. The molecular formula is C12H21N7. The van der Waals surface area contributed by atoms with E-state index in [1.165, 1.54) is 0 Å². The maximum atomic E-state index is 5.96. The van der Waals surface area contributed by atoms with E-state index in [0.29, 0.717) is 23.5 Å². The number of nitrogens with one attached hydrogen (secondary N) is 2. The average Bonchev–Trinajstić information content (AvgIpc) is 2.38. The van der Waals surface area contributed by atoms with Crippen LogP contribution in [0.1, 0.15) is 13.8 Å². The van der Waals surface area contributed by atoms with Crippen molar-refractivity contribution >= 4 is 29.5 Å². The number of nitrogen functional groups attached to an aromatic ring is 1. The summed E-state index contributed by atoms with van der Waals surface area (Å²) in [5, 5.41) is 6.21. The summed E-state index contributed by atoms with van der Waals surface area (Å²) in [4.78, 5) is 15.2. The first-order chi connectivity index (χ1) is 9.13. The lowest BCUT2D eigenvalue weighted by molar-refractivity contribution is 0.718. The summed E-state index contributed by atoms with van der Waals surface area (Å²) in [6.45, 7) is 6.58. The highest BCUT2D eigenvalue weighted by Crippen LogP contribution is 2.35. The van der Waals surface area contributed by atoms with Crippen molar-refractivity contribution in [1.82, 2.24) is 15.3 Å². The summed E-state index contributed by atoms with van der Waals surface area (Å²) >= 11 is 0. The number of nitrogens with zero attached hydrogens (tertiary/aromatic N) is 4. The van der Waals surface area contributed by atoms with Crippen molar-refractivity contribution < 1.29 is 0 Å². The molecule has 0 bridgehead atoms. The molecule has 0 saturated heterocycles. The number of fused-ring (bicyclic) bond motifs is 1. The summed E-state index contributed by atoms with van der Waals surface area (Å²) < 4.78 is 0. The molecule has 104 valence electrons. The summed E-state index contributed by atoms with van der Waals surface area (Å²) in [5.74, 6) is 1.77. The Morgan fingerprint density at radius 3 is 2.84 bits per heavy atom. The molecule has 1 aromatic rings. The third kappa shape index (κ3) is 2.93. The van der Waals surface area contributed by atoms with Gasteiger partial charge in [0.25, 0.3) is 0 Å². The van der Waals surface area contributed by atoms with Crippen molar-refractivity contribution in [3.63, 3.8) is 0 Å². The van der Waals surface area contributed by atoms with Crippen LogP contribution in [0.15, 0.2) is 4.99 Å². The number of rotatable bonds is 5. The molecule has 0 fully saturated rings. The van der Waals surface area contributed by atoms with Crippen LogP contribution in [0.3, 0.4) is 0 Å². The van der Waals surface area contributed by atoms with Crippen LogP contribution in [-0.4, -0.2) is 48.9 Å². The Morgan fingerprint density at radius 2 is 2.16 bits per heavy atom. The maximum Gasteiger partial charge on any atom is 0.226 e. The Balaban J connectivity index is 2.29. The van der Waals surface area contributed by atoms with Gasteiger partial charge in [-0.2, -0.15) is 9.97 Å². The molecule has 0 spiro atoms. The number of anilines is 3. The Hall–Kier alpha value is -1.89. The summed E-state index contributed by atoms with van der Waals surface area (Å²) in [5.41, 5.74) is 6.63. The van der Waals surface area contributed by atoms with Crippen molar-refractivity contribution in [3.05, 3.63) is 0 Å². The highest BCUT2D eigenvalue weighted by atomic mass is 15.3. The van der Waals surface area contributed by atoms with Crippen molar-refractivity contribution in [2.45, 2.75) is 19.9 Å². The predicted octanol–water partition coefficient (Wildman–Crippen LogP) is 0.621. The zero-order valence-corrected chi connectivity index (χ0v) is 11.6. The molecule has 0 atom stereocenters. The fourth-order valence-electron chi connectivity index (χ4n) is 1.92. The zero-order valence-electron chi connectivity index (χ0n) is 11.6. The predicted molar refractivity (Wildman–Crippen MR) is 79.5 cm³/mol. The van der Waals surface area contributed by atoms with E-state index in [-0.39, 0.29) is 0 Å². The number of aliphatic imine (C=N–C) groups is 1. The van der Waals surface area contributed by atoms with E-state index in [2.05, 4.69) is 44.3 Å². The van der Waals surface area contributed by atoms with Gasteiger partial charge in [-0.15, -0.1) is 0 Å². The molecule has 0 unspecified atom stereocenters. The number of aromatic nitrogens is 2. The molecule has 0 aromatic carbocycles. The molecule has 1 aliphatic rings. The van der Waals surface area contributed by atoms with Gasteiger partial charge in [-0.3, -0.25) is 4.99 Å². The summed E-state index contributed by atoms with van der Waals surface area (Å²) in [6, 6.07) is 0.338. The topological polar surface area (TPSA) is 91.5 Å². The monoisotopic (exact) mass is 263 g/mol. The summed E-state index contributed by atoms with van der Waals surface area (Å²) in [6.07, 6.45) is 1.84.